The number of esters is 1. The predicted octanol–water partition coefficient (Wildman–Crippen LogP) is 2.33. The Morgan fingerprint density at radius 2 is 1.85 bits per heavy atom. The van der Waals surface area contributed by atoms with Crippen LogP contribution in [0.3, 0.4) is 0 Å². The second-order valence-corrected chi connectivity index (χ2v) is 9.15. The molecule has 11 heteroatoms. The van der Waals surface area contributed by atoms with Crippen LogP contribution in [0.2, 0.25) is 0 Å². The second-order valence-electron chi connectivity index (χ2n) is 7.40. The summed E-state index contributed by atoms with van der Waals surface area (Å²) in [6.07, 6.45) is 1.12. The van der Waals surface area contributed by atoms with Gasteiger partial charge in [0, 0.05) is 16.6 Å². The molecule has 0 aliphatic carbocycles. The Morgan fingerprint density at radius 1 is 1.15 bits per heavy atom. The van der Waals surface area contributed by atoms with Crippen LogP contribution in [-0.4, -0.2) is 42.1 Å². The highest BCUT2D eigenvalue weighted by atomic mass is 32.2. The molecule has 2 aromatic carbocycles. The molecule has 0 spiro atoms. The Morgan fingerprint density at radius 3 is 2.55 bits per heavy atom. The van der Waals surface area contributed by atoms with Crippen molar-refractivity contribution in [3.05, 3.63) is 70.8 Å². The molecule has 2 aromatic heterocycles. The zero-order valence-corrected chi connectivity index (χ0v) is 18.5. The number of furan rings is 1. The molecule has 4 aromatic rings. The normalized spacial score (nSPS) is 12.5. The molecule has 2 heterocycles. The highest BCUT2D eigenvalue weighted by molar-refractivity contribution is 7.92. The van der Waals surface area contributed by atoms with Gasteiger partial charge in [-0.15, -0.1) is 0 Å². The summed E-state index contributed by atoms with van der Waals surface area (Å²) in [4.78, 5) is 41.9. The number of para-hydroxylation sites is 1. The lowest BCUT2D eigenvalue weighted by Gasteiger charge is -2.13. The second kappa shape index (κ2) is 8.51. The minimum Gasteiger partial charge on any atom is -0.453 e. The minimum absolute atomic E-state index is 0.0263. The largest absolute Gasteiger partial charge is 0.453 e. The smallest absolute Gasteiger partial charge is 0.326 e. The molecule has 1 unspecified atom stereocenters. The zero-order chi connectivity index (χ0) is 23.8. The van der Waals surface area contributed by atoms with Gasteiger partial charge in [0.2, 0.25) is 21.4 Å². The fraction of sp³-hybridized carbons (Fsp3) is 0.182. The van der Waals surface area contributed by atoms with Crippen LogP contribution in [0.4, 0.5) is 5.69 Å². The maximum absolute atomic E-state index is 12.7. The molecule has 0 bridgehead atoms. The van der Waals surface area contributed by atoms with Gasteiger partial charge >= 0.3 is 5.97 Å². The highest BCUT2D eigenvalue weighted by Crippen LogP contribution is 2.24. The van der Waals surface area contributed by atoms with Crippen LogP contribution >= 0.6 is 0 Å². The van der Waals surface area contributed by atoms with Crippen LogP contribution in [0.25, 0.3) is 22.1 Å². The molecule has 33 heavy (non-hydrogen) atoms. The number of fused-ring (bicyclic) bond motifs is 3. The molecule has 0 amide bonds. The number of Topliss-reactive ketones (excluding diaryl/α,β-unsaturated/α-hetero) is 1. The van der Waals surface area contributed by atoms with Crippen LogP contribution in [0, 0.1) is 0 Å². The van der Waals surface area contributed by atoms with Crippen molar-refractivity contribution in [3.63, 3.8) is 0 Å². The first-order valence-corrected chi connectivity index (χ1v) is 11.7. The number of hydrogen-bond acceptors (Lipinski definition) is 8. The number of rotatable bonds is 7. The number of ether oxygens (including phenoxy) is 1. The van der Waals surface area contributed by atoms with E-state index in [9.17, 15) is 22.8 Å². The standard InChI is InChI=1S/C22H19N3O7S/c1-13(20(27)14-7-9-15(10-8-14)24-33(2,29)30)31-18(26)11-25-12-23-19-16-5-3-4-6-17(16)32-21(19)22(25)28/h3-10,12-13,24H,11H2,1-2H3. The molecule has 10 nitrogen and oxygen atoms in total. The van der Waals surface area contributed by atoms with Gasteiger partial charge in [0.1, 0.15) is 17.6 Å². The van der Waals surface area contributed by atoms with Gasteiger partial charge in [0.25, 0.3) is 5.56 Å². The molecule has 0 saturated heterocycles. The van der Waals surface area contributed by atoms with Crippen LogP contribution in [0.5, 0.6) is 0 Å². The summed E-state index contributed by atoms with van der Waals surface area (Å²) in [7, 11) is -3.44. The molecule has 170 valence electrons. The van der Waals surface area contributed by atoms with E-state index < -0.39 is 40.0 Å². The van der Waals surface area contributed by atoms with Crippen LogP contribution in [0.1, 0.15) is 17.3 Å². The molecule has 1 atom stereocenters. The fourth-order valence-electron chi connectivity index (χ4n) is 3.31. The third-order valence-electron chi connectivity index (χ3n) is 4.80. The van der Waals surface area contributed by atoms with Crippen molar-refractivity contribution in [2.75, 3.05) is 11.0 Å². The van der Waals surface area contributed by atoms with Crippen molar-refractivity contribution in [2.24, 2.45) is 0 Å². The van der Waals surface area contributed by atoms with Gasteiger partial charge in [-0.25, -0.2) is 13.4 Å². The summed E-state index contributed by atoms with van der Waals surface area (Å²) in [5.74, 6) is -1.28. The number of carbonyl (C=O) groups excluding carboxylic acids is 2. The minimum atomic E-state index is -3.44. The van der Waals surface area contributed by atoms with E-state index in [4.69, 9.17) is 9.15 Å². The molecule has 0 radical (unpaired) electrons. The first-order valence-electron chi connectivity index (χ1n) is 9.80. The number of benzene rings is 2. The summed E-state index contributed by atoms with van der Waals surface area (Å²) in [6, 6.07) is 12.8. The van der Waals surface area contributed by atoms with E-state index in [1.165, 1.54) is 37.5 Å². The number of sulfonamides is 1. The first kappa shape index (κ1) is 22.2. The van der Waals surface area contributed by atoms with E-state index in [1.54, 1.807) is 24.3 Å². The van der Waals surface area contributed by atoms with Gasteiger partial charge in [0.05, 0.1) is 12.6 Å². The molecule has 0 aliphatic heterocycles. The lowest BCUT2D eigenvalue weighted by Crippen LogP contribution is -2.30. The highest BCUT2D eigenvalue weighted by Gasteiger charge is 2.21. The monoisotopic (exact) mass is 469 g/mol. The zero-order valence-electron chi connectivity index (χ0n) is 17.6. The molecule has 0 aliphatic rings. The quantitative estimate of drug-likeness (QED) is 0.322. The molecule has 1 N–H and O–H groups in total. The van der Waals surface area contributed by atoms with Gasteiger partial charge in [-0.2, -0.15) is 0 Å². The third kappa shape index (κ3) is 4.77. The van der Waals surface area contributed by atoms with E-state index in [1.807, 2.05) is 0 Å². The van der Waals surface area contributed by atoms with Crippen molar-refractivity contribution in [2.45, 2.75) is 19.6 Å². The van der Waals surface area contributed by atoms with Crippen molar-refractivity contribution in [1.29, 1.82) is 0 Å². The topological polar surface area (TPSA) is 138 Å². The van der Waals surface area contributed by atoms with E-state index in [-0.39, 0.29) is 11.1 Å². The average molecular weight is 469 g/mol. The third-order valence-corrected chi connectivity index (χ3v) is 5.41. The Labute approximate surface area is 187 Å². The summed E-state index contributed by atoms with van der Waals surface area (Å²) in [6.45, 7) is 0.958. The maximum Gasteiger partial charge on any atom is 0.326 e. The average Bonchev–Trinajstić information content (AvgIpc) is 3.14. The number of aromatic nitrogens is 2. The van der Waals surface area contributed by atoms with Crippen molar-refractivity contribution >= 4 is 49.5 Å². The number of carbonyl (C=O) groups is 2. The lowest BCUT2D eigenvalue weighted by atomic mass is 10.1. The lowest BCUT2D eigenvalue weighted by molar-refractivity contribution is -0.147. The molecular weight excluding hydrogens is 450 g/mol. The number of ketones is 1. The Hall–Kier alpha value is -3.99. The summed E-state index contributed by atoms with van der Waals surface area (Å²) < 4.78 is 36.7. The molecule has 0 fully saturated rings. The van der Waals surface area contributed by atoms with Gasteiger partial charge in [-0.05, 0) is 43.3 Å². The van der Waals surface area contributed by atoms with E-state index in [0.29, 0.717) is 22.2 Å². The Kier molecular flexibility index (Phi) is 5.73. The molecule has 0 saturated carbocycles. The number of hydrogen-bond donors (Lipinski definition) is 1. The van der Waals surface area contributed by atoms with Crippen LogP contribution < -0.4 is 10.3 Å². The van der Waals surface area contributed by atoms with Crippen LogP contribution in [-0.2, 0) is 26.1 Å². The van der Waals surface area contributed by atoms with E-state index in [0.717, 1.165) is 10.8 Å². The van der Waals surface area contributed by atoms with Gasteiger partial charge < -0.3 is 9.15 Å². The summed E-state index contributed by atoms with van der Waals surface area (Å²) in [5, 5.41) is 0.691. The van der Waals surface area contributed by atoms with Gasteiger partial charge in [-0.3, -0.25) is 23.7 Å². The number of anilines is 1. The summed E-state index contributed by atoms with van der Waals surface area (Å²) >= 11 is 0. The number of nitrogens with zero attached hydrogens (tertiary/aromatic N) is 2. The Bertz CT molecular complexity index is 1540. The van der Waals surface area contributed by atoms with Crippen molar-refractivity contribution < 1.29 is 27.2 Å². The molecular formula is C22H19N3O7S. The first-order chi connectivity index (χ1) is 15.6. The van der Waals surface area contributed by atoms with Gasteiger partial charge in [0.15, 0.2) is 6.10 Å². The summed E-state index contributed by atoms with van der Waals surface area (Å²) in [5.41, 5.74) is 0.926. The SMILES string of the molecule is CC(OC(=O)Cn1cnc2c(oc3ccccc32)c1=O)C(=O)c1ccc(NS(C)(=O)=O)cc1. The van der Waals surface area contributed by atoms with Crippen molar-refractivity contribution in [3.8, 4) is 0 Å². The van der Waals surface area contributed by atoms with Gasteiger partial charge in [-0.1, -0.05) is 12.1 Å². The maximum atomic E-state index is 12.7. The van der Waals surface area contributed by atoms with E-state index >= 15 is 0 Å². The number of nitrogens with one attached hydrogen (secondary N) is 1. The van der Waals surface area contributed by atoms with Crippen molar-refractivity contribution in [1.82, 2.24) is 9.55 Å². The predicted molar refractivity (Wildman–Crippen MR) is 121 cm³/mol. The Balaban J connectivity index is 1.45. The van der Waals surface area contributed by atoms with E-state index in [2.05, 4.69) is 9.71 Å². The molecule has 4 rings (SSSR count). The fourth-order valence-corrected chi connectivity index (χ4v) is 3.87. The van der Waals surface area contributed by atoms with Crippen LogP contribution in [0.15, 0.2) is 64.1 Å².